The molecular weight excluding hydrogens is 216 g/mol. The number of rotatable bonds is 1. The van der Waals surface area contributed by atoms with Crippen LogP contribution >= 0.6 is 0 Å². The molecule has 4 nitrogen and oxygen atoms in total. The summed E-state index contributed by atoms with van der Waals surface area (Å²) >= 11 is 0. The van der Waals surface area contributed by atoms with E-state index in [0.717, 1.165) is 19.3 Å². The summed E-state index contributed by atoms with van der Waals surface area (Å²) in [4.78, 5) is 10.6. The minimum Gasteiger partial charge on any atom is -0.465 e. The van der Waals surface area contributed by atoms with E-state index in [9.17, 15) is 4.79 Å². The van der Waals surface area contributed by atoms with Crippen LogP contribution in [-0.4, -0.2) is 23.3 Å². The molecule has 1 amide bonds. The van der Waals surface area contributed by atoms with Crippen molar-refractivity contribution < 1.29 is 9.90 Å². The minimum absolute atomic E-state index is 0.0931. The molecule has 3 rings (SSSR count). The Morgan fingerprint density at radius 3 is 3.00 bits per heavy atom. The fourth-order valence-electron chi connectivity index (χ4n) is 3.16. The monoisotopic (exact) mass is 232 g/mol. The minimum atomic E-state index is -0.913. The Balaban J connectivity index is 1.75. The molecule has 3 atom stereocenters. The number of fused-ring (bicyclic) bond motifs is 3. The van der Waals surface area contributed by atoms with Crippen LogP contribution < -0.4 is 10.6 Å². The summed E-state index contributed by atoms with van der Waals surface area (Å²) in [5.41, 5.74) is 2.62. The topological polar surface area (TPSA) is 61.4 Å². The highest BCUT2D eigenvalue weighted by Gasteiger charge is 2.37. The molecule has 0 saturated heterocycles. The molecule has 0 radical (unpaired) electrons. The number of amides is 1. The lowest BCUT2D eigenvalue weighted by Gasteiger charge is -2.31. The van der Waals surface area contributed by atoms with E-state index in [4.69, 9.17) is 5.11 Å². The van der Waals surface area contributed by atoms with Crippen molar-refractivity contribution in [1.82, 2.24) is 5.32 Å². The van der Waals surface area contributed by atoms with Crippen molar-refractivity contribution in [1.29, 1.82) is 0 Å². The van der Waals surface area contributed by atoms with Gasteiger partial charge in [-0.2, -0.15) is 0 Å². The quantitative estimate of drug-likeness (QED) is 0.696. The van der Waals surface area contributed by atoms with Gasteiger partial charge in [-0.3, -0.25) is 0 Å². The van der Waals surface area contributed by atoms with Gasteiger partial charge >= 0.3 is 6.09 Å². The smallest absolute Gasteiger partial charge is 0.404 e. The molecule has 1 fully saturated rings. The fourth-order valence-corrected chi connectivity index (χ4v) is 3.16. The molecule has 1 saturated carbocycles. The van der Waals surface area contributed by atoms with Crippen molar-refractivity contribution in [2.45, 2.75) is 37.3 Å². The van der Waals surface area contributed by atoms with Crippen molar-refractivity contribution >= 4 is 11.8 Å². The average Bonchev–Trinajstić information content (AvgIpc) is 2.65. The molecule has 1 heterocycles. The lowest BCUT2D eigenvalue weighted by molar-refractivity contribution is 0.184. The zero-order valence-corrected chi connectivity index (χ0v) is 9.52. The first-order valence-corrected chi connectivity index (χ1v) is 6.09. The van der Waals surface area contributed by atoms with Crippen LogP contribution in [0.4, 0.5) is 10.5 Å². The molecule has 17 heavy (non-hydrogen) atoms. The summed E-state index contributed by atoms with van der Waals surface area (Å²) in [6, 6.07) is 8.87. The summed E-state index contributed by atoms with van der Waals surface area (Å²) in [5, 5.41) is 14.9. The molecule has 90 valence electrons. The van der Waals surface area contributed by atoms with Crippen LogP contribution in [0.1, 0.15) is 30.7 Å². The van der Waals surface area contributed by atoms with Gasteiger partial charge in [-0.15, -0.1) is 0 Å². The first kappa shape index (κ1) is 10.4. The number of carboxylic acid groups (broad SMARTS) is 1. The largest absolute Gasteiger partial charge is 0.465 e. The van der Waals surface area contributed by atoms with Crippen molar-refractivity contribution in [2.24, 2.45) is 0 Å². The third-order valence-corrected chi connectivity index (χ3v) is 3.88. The first-order chi connectivity index (χ1) is 8.24. The fraction of sp³-hybridized carbons (Fsp3) is 0.462. The number of anilines is 1. The third kappa shape index (κ3) is 1.84. The Morgan fingerprint density at radius 2 is 2.18 bits per heavy atom. The van der Waals surface area contributed by atoms with Crippen LogP contribution in [0.2, 0.25) is 0 Å². The van der Waals surface area contributed by atoms with Gasteiger partial charge in [0, 0.05) is 23.7 Å². The zero-order valence-electron chi connectivity index (χ0n) is 9.52. The number of carbonyl (C=O) groups is 1. The van der Waals surface area contributed by atoms with E-state index in [1.807, 2.05) is 6.07 Å². The lowest BCUT2D eigenvalue weighted by Crippen LogP contribution is -2.42. The van der Waals surface area contributed by atoms with E-state index in [1.54, 1.807) is 0 Å². The van der Waals surface area contributed by atoms with Gasteiger partial charge in [-0.25, -0.2) is 4.79 Å². The Morgan fingerprint density at radius 1 is 1.35 bits per heavy atom. The number of benzene rings is 1. The molecular formula is C13H16N2O2. The van der Waals surface area contributed by atoms with E-state index in [1.165, 1.54) is 11.3 Å². The highest BCUT2D eigenvalue weighted by atomic mass is 16.4. The summed E-state index contributed by atoms with van der Waals surface area (Å²) in [6.45, 7) is 0. The van der Waals surface area contributed by atoms with Crippen LogP contribution in [-0.2, 0) is 0 Å². The number of hydrogen-bond acceptors (Lipinski definition) is 2. The molecule has 1 unspecified atom stereocenters. The van der Waals surface area contributed by atoms with Crippen molar-refractivity contribution in [3.63, 3.8) is 0 Å². The normalized spacial score (nSPS) is 30.0. The summed E-state index contributed by atoms with van der Waals surface area (Å²) < 4.78 is 0. The molecule has 2 aliphatic rings. The maximum atomic E-state index is 10.6. The van der Waals surface area contributed by atoms with Gasteiger partial charge in [-0.1, -0.05) is 18.2 Å². The third-order valence-electron chi connectivity index (χ3n) is 3.88. The van der Waals surface area contributed by atoms with Crippen molar-refractivity contribution in [2.75, 3.05) is 5.32 Å². The molecule has 0 aromatic heterocycles. The van der Waals surface area contributed by atoms with Gasteiger partial charge in [-0.05, 0) is 30.9 Å². The van der Waals surface area contributed by atoms with Gasteiger partial charge < -0.3 is 15.7 Å². The van der Waals surface area contributed by atoms with Crippen LogP contribution in [0.3, 0.4) is 0 Å². The van der Waals surface area contributed by atoms with Crippen LogP contribution in [0, 0.1) is 0 Å². The van der Waals surface area contributed by atoms with E-state index in [2.05, 4.69) is 28.8 Å². The lowest BCUT2D eigenvalue weighted by atomic mass is 9.80. The average molecular weight is 232 g/mol. The van der Waals surface area contributed by atoms with Crippen LogP contribution in [0.15, 0.2) is 24.3 Å². The maximum Gasteiger partial charge on any atom is 0.404 e. The predicted octanol–water partition coefficient (Wildman–Crippen LogP) is 2.38. The van der Waals surface area contributed by atoms with Gasteiger partial charge in [0.1, 0.15) is 0 Å². The van der Waals surface area contributed by atoms with E-state index < -0.39 is 6.09 Å². The molecule has 1 aromatic rings. The summed E-state index contributed by atoms with van der Waals surface area (Å²) in [5.74, 6) is 0.554. The molecule has 4 heteroatoms. The van der Waals surface area contributed by atoms with Crippen molar-refractivity contribution in [3.8, 4) is 0 Å². The van der Waals surface area contributed by atoms with Crippen molar-refractivity contribution in [3.05, 3.63) is 29.8 Å². The molecule has 1 aliphatic heterocycles. The van der Waals surface area contributed by atoms with Gasteiger partial charge in [0.2, 0.25) is 0 Å². The molecule has 1 aromatic carbocycles. The Labute approximate surface area is 100 Å². The first-order valence-electron chi connectivity index (χ1n) is 6.09. The maximum absolute atomic E-state index is 10.6. The van der Waals surface area contributed by atoms with E-state index >= 15 is 0 Å². The molecule has 1 aliphatic carbocycles. The molecule has 3 N–H and O–H groups in total. The predicted molar refractivity (Wildman–Crippen MR) is 65.4 cm³/mol. The Kier molecular flexibility index (Phi) is 2.42. The number of nitrogens with one attached hydrogen (secondary N) is 2. The number of para-hydroxylation sites is 1. The Hall–Kier alpha value is -1.71. The Bertz CT molecular complexity index is 447. The SMILES string of the molecule is O=C(O)NC1CC[C@H]2c3ccccc3N[C@H]2C1. The number of hydrogen-bond donors (Lipinski definition) is 3. The standard InChI is InChI=1S/C13H16N2O2/c16-13(17)14-8-5-6-10-9-3-1-2-4-11(9)15-12(10)7-8/h1-4,8,10,12,14-15H,5-7H2,(H,16,17)/t8?,10-,12-/m0/s1. The summed E-state index contributed by atoms with van der Waals surface area (Å²) in [7, 11) is 0. The molecule has 0 bridgehead atoms. The second kappa shape index (κ2) is 3.95. The van der Waals surface area contributed by atoms with Crippen LogP contribution in [0.5, 0.6) is 0 Å². The second-order valence-electron chi connectivity index (χ2n) is 4.90. The summed E-state index contributed by atoms with van der Waals surface area (Å²) in [6.07, 6.45) is 1.96. The van der Waals surface area contributed by atoms with Gasteiger partial charge in [0.05, 0.1) is 0 Å². The molecule has 0 spiro atoms. The van der Waals surface area contributed by atoms with E-state index in [-0.39, 0.29) is 6.04 Å². The van der Waals surface area contributed by atoms with Gasteiger partial charge in [0.15, 0.2) is 0 Å². The second-order valence-corrected chi connectivity index (χ2v) is 4.90. The van der Waals surface area contributed by atoms with E-state index in [0.29, 0.717) is 12.0 Å². The van der Waals surface area contributed by atoms with Gasteiger partial charge in [0.25, 0.3) is 0 Å². The zero-order chi connectivity index (χ0) is 11.8. The highest BCUT2D eigenvalue weighted by Crippen LogP contribution is 2.43. The van der Waals surface area contributed by atoms with Crippen LogP contribution in [0.25, 0.3) is 0 Å². The highest BCUT2D eigenvalue weighted by molar-refractivity contribution is 5.65.